The number of esters is 2. The molecule has 0 radical (unpaired) electrons. The molecule has 1 aromatic rings. The van der Waals surface area contributed by atoms with Gasteiger partial charge in [0.2, 0.25) is 0 Å². The zero-order valence-corrected chi connectivity index (χ0v) is 22.7. The van der Waals surface area contributed by atoms with E-state index in [1.54, 1.807) is 32.0 Å². The lowest BCUT2D eigenvalue weighted by Crippen LogP contribution is -2.82. The van der Waals surface area contributed by atoms with E-state index >= 15 is 0 Å². The summed E-state index contributed by atoms with van der Waals surface area (Å²) >= 11 is 0. The summed E-state index contributed by atoms with van der Waals surface area (Å²) in [7, 11) is 0. The van der Waals surface area contributed by atoms with Crippen LogP contribution in [0.15, 0.2) is 41.5 Å². The van der Waals surface area contributed by atoms with Crippen LogP contribution in [-0.4, -0.2) is 86.5 Å². The van der Waals surface area contributed by atoms with Crippen molar-refractivity contribution in [3.05, 3.63) is 47.0 Å². The number of rotatable bonds is 3. The second kappa shape index (κ2) is 8.94. The fourth-order valence-corrected chi connectivity index (χ4v) is 7.70. The topological polar surface area (TPSA) is 160 Å². The smallest absolute Gasteiger partial charge is 0.338 e. The predicted molar refractivity (Wildman–Crippen MR) is 135 cm³/mol. The normalized spacial score (nSPS) is 42.7. The van der Waals surface area contributed by atoms with Gasteiger partial charge in [-0.05, 0) is 30.2 Å². The molecule has 1 saturated heterocycles. The number of hydrogen-bond acceptors (Lipinski definition) is 10. The van der Waals surface area contributed by atoms with E-state index in [2.05, 4.69) is 0 Å². The van der Waals surface area contributed by atoms with Gasteiger partial charge in [0.25, 0.3) is 0 Å². The number of aliphatic hydroxyl groups excluding tert-OH is 3. The first-order valence-electron chi connectivity index (χ1n) is 13.2. The van der Waals surface area contributed by atoms with Crippen molar-refractivity contribution in [1.29, 1.82) is 0 Å². The Morgan fingerprint density at radius 1 is 1.08 bits per heavy atom. The summed E-state index contributed by atoms with van der Waals surface area (Å²) in [6.07, 6.45) is -7.57. The Morgan fingerprint density at radius 2 is 1.72 bits per heavy atom. The van der Waals surface area contributed by atoms with Gasteiger partial charge < -0.3 is 34.6 Å². The van der Waals surface area contributed by atoms with Crippen molar-refractivity contribution in [2.75, 3.05) is 6.61 Å². The summed E-state index contributed by atoms with van der Waals surface area (Å²) in [6, 6.07) is 8.08. The highest BCUT2D eigenvalue weighted by atomic mass is 16.6. The molecular weight excluding hydrogens is 508 g/mol. The summed E-state index contributed by atoms with van der Waals surface area (Å²) in [5.74, 6) is -3.24. The minimum Gasteiger partial charge on any atom is -0.455 e. The quantitative estimate of drug-likeness (QED) is 0.406. The summed E-state index contributed by atoms with van der Waals surface area (Å²) in [4.78, 5) is 39.3. The highest BCUT2D eigenvalue weighted by Gasteiger charge is 2.77. The Morgan fingerprint density at radius 3 is 2.28 bits per heavy atom. The largest absolute Gasteiger partial charge is 0.455 e. The molecule has 39 heavy (non-hydrogen) atoms. The number of benzene rings is 1. The second-order valence-electron chi connectivity index (χ2n) is 12.2. The first-order chi connectivity index (χ1) is 18.1. The first kappa shape index (κ1) is 27.9. The van der Waals surface area contributed by atoms with Gasteiger partial charge in [-0.2, -0.15) is 0 Å². The fraction of sp³-hybridized carbons (Fsp3) is 0.621. The van der Waals surface area contributed by atoms with E-state index in [0.717, 1.165) is 0 Å². The number of ketones is 1. The van der Waals surface area contributed by atoms with Crippen LogP contribution in [0.5, 0.6) is 0 Å². The van der Waals surface area contributed by atoms with E-state index in [0.29, 0.717) is 0 Å². The number of carbonyl (C=O) groups excluding carboxylic acids is 3. The maximum absolute atomic E-state index is 13.6. The average Bonchev–Trinajstić information content (AvgIpc) is 2.87. The lowest BCUT2D eigenvalue weighted by molar-refractivity contribution is -0.363. The van der Waals surface area contributed by atoms with Crippen molar-refractivity contribution < 1.29 is 49.0 Å². The molecule has 1 aliphatic heterocycles. The molecule has 4 aliphatic rings. The molecule has 10 nitrogen and oxygen atoms in total. The second-order valence-corrected chi connectivity index (χ2v) is 12.2. The van der Waals surface area contributed by atoms with E-state index in [1.165, 1.54) is 32.9 Å². The van der Waals surface area contributed by atoms with Crippen molar-refractivity contribution in [3.8, 4) is 0 Å². The Bertz CT molecular complexity index is 1240. The molecular formula is C29H36O10. The third-order valence-corrected chi connectivity index (χ3v) is 10.00. The summed E-state index contributed by atoms with van der Waals surface area (Å²) in [5, 5.41) is 47.6. The summed E-state index contributed by atoms with van der Waals surface area (Å²) in [5.41, 5.74) is -6.24. The Labute approximate surface area is 226 Å². The van der Waals surface area contributed by atoms with E-state index in [9.17, 15) is 34.8 Å². The molecule has 0 aromatic heterocycles. The number of aliphatic hydroxyl groups is 4. The van der Waals surface area contributed by atoms with Crippen LogP contribution >= 0.6 is 0 Å². The van der Waals surface area contributed by atoms with Gasteiger partial charge in [0.1, 0.15) is 23.9 Å². The maximum Gasteiger partial charge on any atom is 0.338 e. The molecule has 4 N–H and O–H groups in total. The van der Waals surface area contributed by atoms with Gasteiger partial charge >= 0.3 is 11.9 Å². The van der Waals surface area contributed by atoms with Gasteiger partial charge in [0, 0.05) is 30.6 Å². The highest BCUT2D eigenvalue weighted by molar-refractivity contribution is 5.98. The van der Waals surface area contributed by atoms with Gasteiger partial charge in [0.05, 0.1) is 30.3 Å². The number of Topliss-reactive ketones (excluding diaryl/α,β-unsaturated/α-hetero) is 1. The zero-order chi connectivity index (χ0) is 28.7. The molecule has 2 bridgehead atoms. The van der Waals surface area contributed by atoms with Crippen LogP contribution in [0, 0.1) is 16.7 Å². The molecule has 0 spiro atoms. The molecule has 9 atom stereocenters. The zero-order valence-electron chi connectivity index (χ0n) is 22.7. The number of allylic oxidation sites excluding steroid dienone is 1. The van der Waals surface area contributed by atoms with Crippen LogP contribution in [0.2, 0.25) is 0 Å². The Hall–Kier alpha value is -2.63. The van der Waals surface area contributed by atoms with Crippen LogP contribution in [0.3, 0.4) is 0 Å². The monoisotopic (exact) mass is 544 g/mol. The van der Waals surface area contributed by atoms with Crippen molar-refractivity contribution in [3.63, 3.8) is 0 Å². The summed E-state index contributed by atoms with van der Waals surface area (Å²) in [6.45, 7) is 7.33. The molecule has 3 aliphatic carbocycles. The average molecular weight is 545 g/mol. The van der Waals surface area contributed by atoms with Gasteiger partial charge in [-0.3, -0.25) is 9.59 Å². The molecule has 10 heteroatoms. The Balaban J connectivity index is 1.81. The lowest BCUT2D eigenvalue weighted by atomic mass is 9.44. The molecule has 2 saturated carbocycles. The first-order valence-corrected chi connectivity index (χ1v) is 13.2. The van der Waals surface area contributed by atoms with Gasteiger partial charge in [0.15, 0.2) is 11.4 Å². The number of fused-ring (bicyclic) bond motifs is 5. The van der Waals surface area contributed by atoms with Gasteiger partial charge in [-0.15, -0.1) is 0 Å². The number of hydrogen-bond donors (Lipinski definition) is 4. The van der Waals surface area contributed by atoms with Gasteiger partial charge in [-0.25, -0.2) is 4.79 Å². The molecule has 212 valence electrons. The van der Waals surface area contributed by atoms with E-state index < -0.39 is 82.6 Å². The minimum atomic E-state index is -2.12. The molecule has 0 amide bonds. The van der Waals surface area contributed by atoms with Crippen molar-refractivity contribution in [2.45, 2.75) is 89.2 Å². The summed E-state index contributed by atoms with van der Waals surface area (Å²) < 4.78 is 17.7. The standard InChI is InChI=1S/C29H36O10/c1-14-17(31)12-29(36)24(38-25(35)16-9-7-6-8-10-16)22-27(5,23(34)21(33)20(14)26(29,3)4)18(32)11-19-28(22,13-37-19)39-15(2)30/h6-10,18-19,21-24,32-34,36H,11-13H2,1-5H3/t18-,19-,21-,22+,23+,24+,27-,28+,29-/m1/s1. The van der Waals surface area contributed by atoms with Crippen LogP contribution in [-0.2, 0) is 23.8 Å². The Kier molecular flexibility index (Phi) is 6.40. The molecule has 0 unspecified atom stereocenters. The fourth-order valence-electron chi connectivity index (χ4n) is 7.70. The van der Waals surface area contributed by atoms with E-state index in [4.69, 9.17) is 14.2 Å². The lowest BCUT2D eigenvalue weighted by Gasteiger charge is -2.68. The van der Waals surface area contributed by atoms with Crippen molar-refractivity contribution in [2.24, 2.45) is 16.7 Å². The van der Waals surface area contributed by atoms with E-state index in [-0.39, 0.29) is 29.7 Å². The van der Waals surface area contributed by atoms with Crippen LogP contribution in [0.25, 0.3) is 0 Å². The SMILES string of the molecule is CC(=O)O[C@@]12CO[C@@H]1C[C@@H](O)[C@]1(C)[C@@H]2[C@H](OC(=O)c2ccccc2)[C@]2(O)CC(=O)C(C)=C([C@@H](O)[C@@H]1O)C2(C)C. The molecule has 3 fully saturated rings. The number of ether oxygens (including phenoxy) is 3. The molecule has 1 aromatic carbocycles. The van der Waals surface area contributed by atoms with Crippen LogP contribution < -0.4 is 0 Å². The van der Waals surface area contributed by atoms with Crippen molar-refractivity contribution >= 4 is 17.7 Å². The van der Waals surface area contributed by atoms with Crippen molar-refractivity contribution in [1.82, 2.24) is 0 Å². The third kappa shape index (κ3) is 3.62. The molecule has 5 rings (SSSR count). The van der Waals surface area contributed by atoms with Gasteiger partial charge in [-0.1, -0.05) is 39.0 Å². The maximum atomic E-state index is 13.6. The van der Waals surface area contributed by atoms with E-state index in [1.807, 2.05) is 0 Å². The van der Waals surface area contributed by atoms with Crippen LogP contribution in [0.1, 0.15) is 57.8 Å². The minimum absolute atomic E-state index is 0.0395. The number of carbonyl (C=O) groups is 3. The van der Waals surface area contributed by atoms with Crippen LogP contribution in [0.4, 0.5) is 0 Å². The molecule has 1 heterocycles. The predicted octanol–water partition coefficient (Wildman–Crippen LogP) is 1.08. The highest BCUT2D eigenvalue weighted by Crippen LogP contribution is 2.64. The third-order valence-electron chi connectivity index (χ3n) is 10.00.